The SMILES string of the molecule is Cc1ccc(C(=O)CCC(=O)NC2CCN(CC(=O)Nc3ccccc3)CC2)cc1C. The number of Topliss-reactive ketones (excluding diaryl/α,β-unsaturated/α-hetero) is 1. The van der Waals surface area contributed by atoms with Crippen molar-refractivity contribution < 1.29 is 14.4 Å². The fourth-order valence-corrected chi connectivity index (χ4v) is 3.75. The molecule has 1 heterocycles. The second kappa shape index (κ2) is 10.9. The number of anilines is 1. The molecule has 0 unspecified atom stereocenters. The molecule has 2 aromatic rings. The molecule has 0 aliphatic carbocycles. The van der Waals surface area contributed by atoms with E-state index in [0.29, 0.717) is 12.1 Å². The van der Waals surface area contributed by atoms with E-state index in [1.165, 1.54) is 0 Å². The van der Waals surface area contributed by atoms with Crippen molar-refractivity contribution in [1.82, 2.24) is 10.2 Å². The number of hydrogen-bond donors (Lipinski definition) is 2. The van der Waals surface area contributed by atoms with Crippen molar-refractivity contribution >= 4 is 23.3 Å². The van der Waals surface area contributed by atoms with Gasteiger partial charge < -0.3 is 10.6 Å². The highest BCUT2D eigenvalue weighted by molar-refractivity contribution is 5.98. The fourth-order valence-electron chi connectivity index (χ4n) is 3.75. The Morgan fingerprint density at radius 3 is 2.29 bits per heavy atom. The van der Waals surface area contributed by atoms with Crippen LogP contribution in [0.5, 0.6) is 0 Å². The summed E-state index contributed by atoms with van der Waals surface area (Å²) in [6, 6.07) is 15.2. The molecule has 0 atom stereocenters. The van der Waals surface area contributed by atoms with Gasteiger partial charge in [-0.15, -0.1) is 0 Å². The third-order valence-electron chi connectivity index (χ3n) is 5.79. The van der Waals surface area contributed by atoms with Gasteiger partial charge in [0, 0.05) is 43.2 Å². The van der Waals surface area contributed by atoms with Gasteiger partial charge in [0.2, 0.25) is 11.8 Å². The van der Waals surface area contributed by atoms with Crippen LogP contribution in [0.1, 0.15) is 47.2 Å². The number of nitrogens with zero attached hydrogens (tertiary/aromatic N) is 1. The number of amides is 2. The van der Waals surface area contributed by atoms with Gasteiger partial charge in [0.05, 0.1) is 6.54 Å². The number of hydrogen-bond acceptors (Lipinski definition) is 4. The van der Waals surface area contributed by atoms with Crippen LogP contribution in [0.2, 0.25) is 0 Å². The summed E-state index contributed by atoms with van der Waals surface area (Å²) >= 11 is 0. The van der Waals surface area contributed by atoms with Crippen LogP contribution < -0.4 is 10.6 Å². The average Bonchev–Trinajstić information content (AvgIpc) is 2.76. The maximum Gasteiger partial charge on any atom is 0.238 e. The molecule has 1 saturated heterocycles. The first-order valence-electron chi connectivity index (χ1n) is 10.9. The van der Waals surface area contributed by atoms with Crippen LogP contribution in [0.4, 0.5) is 5.69 Å². The third kappa shape index (κ3) is 7.03. The van der Waals surface area contributed by atoms with Crippen molar-refractivity contribution in [1.29, 1.82) is 0 Å². The van der Waals surface area contributed by atoms with E-state index in [-0.39, 0.29) is 36.5 Å². The number of likely N-dealkylation sites (tertiary alicyclic amines) is 1. The highest BCUT2D eigenvalue weighted by Gasteiger charge is 2.22. The highest BCUT2D eigenvalue weighted by atomic mass is 16.2. The normalized spacial score (nSPS) is 14.8. The number of carbonyl (C=O) groups excluding carboxylic acids is 3. The number of ketones is 1. The smallest absolute Gasteiger partial charge is 0.238 e. The molecule has 0 radical (unpaired) electrons. The molecule has 0 bridgehead atoms. The average molecular weight is 422 g/mol. The summed E-state index contributed by atoms with van der Waals surface area (Å²) < 4.78 is 0. The summed E-state index contributed by atoms with van der Waals surface area (Å²) in [7, 11) is 0. The number of nitrogens with one attached hydrogen (secondary N) is 2. The van der Waals surface area contributed by atoms with Crippen molar-refractivity contribution in [3.63, 3.8) is 0 Å². The van der Waals surface area contributed by atoms with Crippen LogP contribution in [0.15, 0.2) is 48.5 Å². The van der Waals surface area contributed by atoms with E-state index in [4.69, 9.17) is 0 Å². The molecule has 2 amide bonds. The molecule has 2 N–H and O–H groups in total. The summed E-state index contributed by atoms with van der Waals surface area (Å²) in [5.41, 5.74) is 3.70. The standard InChI is InChI=1S/C25H31N3O3/c1-18-8-9-20(16-19(18)2)23(29)10-11-24(30)26-22-12-14-28(15-13-22)17-25(31)27-21-6-4-3-5-7-21/h3-9,16,22H,10-15,17H2,1-2H3,(H,26,30)(H,27,31). The van der Waals surface area contributed by atoms with Gasteiger partial charge in [-0.1, -0.05) is 30.3 Å². The van der Waals surface area contributed by atoms with Gasteiger partial charge in [0.15, 0.2) is 5.78 Å². The zero-order chi connectivity index (χ0) is 22.2. The van der Waals surface area contributed by atoms with E-state index in [2.05, 4.69) is 15.5 Å². The number of aryl methyl sites for hydroxylation is 2. The predicted octanol–water partition coefficient (Wildman–Crippen LogP) is 3.49. The molecule has 1 fully saturated rings. The minimum Gasteiger partial charge on any atom is -0.353 e. The van der Waals surface area contributed by atoms with Crippen LogP contribution in [0, 0.1) is 13.8 Å². The molecule has 3 rings (SSSR count). The van der Waals surface area contributed by atoms with Crippen molar-refractivity contribution in [3.8, 4) is 0 Å². The first-order chi connectivity index (χ1) is 14.9. The molecule has 0 spiro atoms. The Balaban J connectivity index is 1.35. The van der Waals surface area contributed by atoms with Gasteiger partial charge in [0.1, 0.15) is 0 Å². The zero-order valence-corrected chi connectivity index (χ0v) is 18.3. The Labute approximate surface area is 184 Å². The van der Waals surface area contributed by atoms with Gasteiger partial charge in [-0.25, -0.2) is 0 Å². The lowest BCUT2D eigenvalue weighted by molar-refractivity contribution is -0.122. The number of para-hydroxylation sites is 1. The summed E-state index contributed by atoms with van der Waals surface area (Å²) in [5.74, 6) is -0.117. The monoisotopic (exact) mass is 421 g/mol. The quantitative estimate of drug-likeness (QED) is 0.640. The number of rotatable bonds is 8. The van der Waals surface area contributed by atoms with E-state index < -0.39 is 0 Å². The van der Waals surface area contributed by atoms with E-state index in [9.17, 15) is 14.4 Å². The van der Waals surface area contributed by atoms with Crippen LogP contribution in [-0.2, 0) is 9.59 Å². The Morgan fingerprint density at radius 2 is 1.61 bits per heavy atom. The van der Waals surface area contributed by atoms with Crippen LogP contribution >= 0.6 is 0 Å². The summed E-state index contributed by atoms with van der Waals surface area (Å²) in [6.45, 7) is 5.86. The number of piperidine rings is 1. The molecule has 31 heavy (non-hydrogen) atoms. The first-order valence-corrected chi connectivity index (χ1v) is 10.9. The van der Waals surface area contributed by atoms with Gasteiger partial charge in [-0.3, -0.25) is 19.3 Å². The second-order valence-corrected chi connectivity index (χ2v) is 8.25. The highest BCUT2D eigenvalue weighted by Crippen LogP contribution is 2.14. The van der Waals surface area contributed by atoms with E-state index in [0.717, 1.165) is 42.7 Å². The molecule has 164 valence electrons. The Hall–Kier alpha value is -2.99. The zero-order valence-electron chi connectivity index (χ0n) is 18.3. The lowest BCUT2D eigenvalue weighted by Crippen LogP contribution is -2.46. The van der Waals surface area contributed by atoms with E-state index in [1.54, 1.807) is 0 Å². The topological polar surface area (TPSA) is 78.5 Å². The molecule has 6 nitrogen and oxygen atoms in total. The molecule has 2 aromatic carbocycles. The van der Waals surface area contributed by atoms with E-state index >= 15 is 0 Å². The van der Waals surface area contributed by atoms with Crippen molar-refractivity contribution in [2.24, 2.45) is 0 Å². The lowest BCUT2D eigenvalue weighted by Gasteiger charge is -2.31. The van der Waals surface area contributed by atoms with Gasteiger partial charge in [-0.2, -0.15) is 0 Å². The fraction of sp³-hybridized carbons (Fsp3) is 0.400. The third-order valence-corrected chi connectivity index (χ3v) is 5.79. The number of carbonyl (C=O) groups is 3. The summed E-state index contributed by atoms with van der Waals surface area (Å²) in [5, 5.41) is 5.94. The molecule has 1 aliphatic heterocycles. The largest absolute Gasteiger partial charge is 0.353 e. The summed E-state index contributed by atoms with van der Waals surface area (Å²) in [4.78, 5) is 38.9. The molecule has 1 aliphatic rings. The number of benzene rings is 2. The maximum absolute atomic E-state index is 12.4. The lowest BCUT2D eigenvalue weighted by atomic mass is 10.0. The van der Waals surface area contributed by atoms with Crippen molar-refractivity contribution in [2.75, 3.05) is 25.0 Å². The van der Waals surface area contributed by atoms with Crippen LogP contribution in [-0.4, -0.2) is 48.2 Å². The minimum absolute atomic E-state index is 0.00232. The molecule has 6 heteroatoms. The molecular formula is C25H31N3O3. The van der Waals surface area contributed by atoms with Crippen LogP contribution in [0.25, 0.3) is 0 Å². The summed E-state index contributed by atoms with van der Waals surface area (Å²) in [6.07, 6.45) is 2.02. The Kier molecular flexibility index (Phi) is 7.95. The minimum atomic E-state index is -0.0857. The second-order valence-electron chi connectivity index (χ2n) is 8.25. The molecule has 0 aromatic heterocycles. The van der Waals surface area contributed by atoms with Crippen LogP contribution in [0.3, 0.4) is 0 Å². The van der Waals surface area contributed by atoms with Gasteiger partial charge in [-0.05, 0) is 56.0 Å². The van der Waals surface area contributed by atoms with Crippen molar-refractivity contribution in [3.05, 3.63) is 65.2 Å². The Bertz CT molecular complexity index is 919. The van der Waals surface area contributed by atoms with Crippen molar-refractivity contribution in [2.45, 2.75) is 45.6 Å². The maximum atomic E-state index is 12.4. The molecular weight excluding hydrogens is 390 g/mol. The first kappa shape index (κ1) is 22.7. The Morgan fingerprint density at radius 1 is 0.903 bits per heavy atom. The molecule has 0 saturated carbocycles. The van der Waals surface area contributed by atoms with Gasteiger partial charge >= 0.3 is 0 Å². The predicted molar refractivity (Wildman–Crippen MR) is 122 cm³/mol. The van der Waals surface area contributed by atoms with Gasteiger partial charge in [0.25, 0.3) is 0 Å². The van der Waals surface area contributed by atoms with E-state index in [1.807, 2.05) is 62.4 Å².